The van der Waals surface area contributed by atoms with Crippen molar-refractivity contribution in [1.29, 1.82) is 5.41 Å². The predicted molar refractivity (Wildman–Crippen MR) is 135 cm³/mol. The lowest BCUT2D eigenvalue weighted by Crippen LogP contribution is -2.10. The topological polar surface area (TPSA) is 66.9 Å². The Morgan fingerprint density at radius 2 is 1.67 bits per heavy atom. The number of hydrogen-bond donors (Lipinski definition) is 2. The molecule has 168 valence electrons. The van der Waals surface area contributed by atoms with Crippen molar-refractivity contribution in [1.82, 2.24) is 0 Å². The van der Waals surface area contributed by atoms with Gasteiger partial charge in [0.1, 0.15) is 5.78 Å². The molecule has 0 saturated heterocycles. The van der Waals surface area contributed by atoms with Crippen molar-refractivity contribution in [2.45, 2.75) is 80.6 Å². The standard InChI is InChI=1S/C14H24N2.C10H11ClO.C2H6/c1-5-8-10-13(11(4)15)14(16)12(7-3)9-6-2;1-8(12)2-3-9-4-6-10(11)7-5-9;1-2/h6-7,9,16H,5,8,10,15H2,1-4H3;4-7H,2-3H2,1H3;1-2H3/b9-6-,12-7+,13-11-,16-14?;;. The van der Waals surface area contributed by atoms with Crippen LogP contribution in [0.4, 0.5) is 0 Å². The van der Waals surface area contributed by atoms with Gasteiger partial charge in [-0.3, -0.25) is 5.41 Å². The van der Waals surface area contributed by atoms with Gasteiger partial charge in [0.05, 0.1) is 5.71 Å². The molecule has 0 heterocycles. The first kappa shape index (κ1) is 30.1. The number of nitrogens with two attached hydrogens (primary N) is 1. The first-order valence-electron chi connectivity index (χ1n) is 10.8. The number of unbranched alkanes of at least 4 members (excludes halogenated alkanes) is 1. The summed E-state index contributed by atoms with van der Waals surface area (Å²) >= 11 is 5.71. The first-order chi connectivity index (χ1) is 14.3. The van der Waals surface area contributed by atoms with Gasteiger partial charge in [-0.2, -0.15) is 0 Å². The SMILES string of the molecule is C/C=C\C(=C/C)C(=N)/C(CCCC)=C(/C)N.CC.CC(=O)CCc1ccc(Cl)cc1. The molecule has 0 aliphatic heterocycles. The highest BCUT2D eigenvalue weighted by molar-refractivity contribution is 6.30. The Morgan fingerprint density at radius 1 is 1.10 bits per heavy atom. The van der Waals surface area contributed by atoms with Crippen LogP contribution in [0.15, 0.2) is 59.3 Å². The molecule has 1 rings (SSSR count). The van der Waals surface area contributed by atoms with Gasteiger partial charge in [-0.1, -0.05) is 69.2 Å². The maximum atomic E-state index is 10.7. The van der Waals surface area contributed by atoms with Crippen LogP contribution < -0.4 is 5.73 Å². The van der Waals surface area contributed by atoms with Gasteiger partial charge in [0.2, 0.25) is 0 Å². The monoisotopic (exact) mass is 432 g/mol. The average Bonchev–Trinajstić information content (AvgIpc) is 2.73. The van der Waals surface area contributed by atoms with Gasteiger partial charge in [0.15, 0.2) is 0 Å². The molecule has 0 aliphatic carbocycles. The van der Waals surface area contributed by atoms with Gasteiger partial charge in [0, 0.05) is 17.1 Å². The number of hydrogen-bond acceptors (Lipinski definition) is 3. The van der Waals surface area contributed by atoms with Crippen molar-refractivity contribution < 1.29 is 4.79 Å². The number of benzene rings is 1. The Bertz CT molecular complexity index is 709. The smallest absolute Gasteiger partial charge is 0.130 e. The van der Waals surface area contributed by atoms with Crippen molar-refractivity contribution in [3.8, 4) is 0 Å². The Hall–Kier alpha value is -2.13. The number of halogens is 1. The van der Waals surface area contributed by atoms with Gasteiger partial charge in [-0.25, -0.2) is 0 Å². The molecule has 3 N–H and O–H groups in total. The van der Waals surface area contributed by atoms with E-state index < -0.39 is 0 Å². The zero-order chi connectivity index (χ0) is 23.5. The van der Waals surface area contributed by atoms with Crippen LogP contribution in [0.1, 0.15) is 79.7 Å². The fraction of sp³-hybridized carbons (Fsp3) is 0.462. The van der Waals surface area contributed by atoms with E-state index in [1.807, 2.05) is 77.1 Å². The van der Waals surface area contributed by atoms with Gasteiger partial charge in [-0.05, 0) is 75.8 Å². The Morgan fingerprint density at radius 3 is 2.07 bits per heavy atom. The van der Waals surface area contributed by atoms with E-state index in [4.69, 9.17) is 22.7 Å². The Labute approximate surface area is 189 Å². The van der Waals surface area contributed by atoms with Crippen molar-refractivity contribution in [2.24, 2.45) is 5.73 Å². The summed E-state index contributed by atoms with van der Waals surface area (Å²) < 4.78 is 0. The van der Waals surface area contributed by atoms with Crippen LogP contribution in [-0.2, 0) is 11.2 Å². The van der Waals surface area contributed by atoms with Crippen LogP contribution in [0.5, 0.6) is 0 Å². The minimum atomic E-state index is 0.227. The third kappa shape index (κ3) is 13.9. The van der Waals surface area contributed by atoms with E-state index in [0.717, 1.165) is 53.1 Å². The van der Waals surface area contributed by atoms with Crippen molar-refractivity contribution in [3.63, 3.8) is 0 Å². The summed E-state index contributed by atoms with van der Waals surface area (Å²) in [4.78, 5) is 10.7. The quantitative estimate of drug-likeness (QED) is 0.308. The first-order valence-corrected chi connectivity index (χ1v) is 11.2. The molecule has 4 heteroatoms. The van der Waals surface area contributed by atoms with E-state index in [0.29, 0.717) is 12.1 Å². The highest BCUT2D eigenvalue weighted by Crippen LogP contribution is 2.17. The molecule has 1 aromatic rings. The number of allylic oxidation sites excluding steroid dienone is 6. The van der Waals surface area contributed by atoms with Crippen LogP contribution in [0.25, 0.3) is 0 Å². The predicted octanol–water partition coefficient (Wildman–Crippen LogP) is 7.84. The fourth-order valence-electron chi connectivity index (χ4n) is 2.52. The summed E-state index contributed by atoms with van der Waals surface area (Å²) in [6.45, 7) is 13.5. The number of carbonyl (C=O) groups is 1. The van der Waals surface area contributed by atoms with E-state index in [1.165, 1.54) is 0 Å². The summed E-state index contributed by atoms with van der Waals surface area (Å²) in [6.07, 6.45) is 10.4. The van der Waals surface area contributed by atoms with Crippen LogP contribution >= 0.6 is 11.6 Å². The van der Waals surface area contributed by atoms with Gasteiger partial charge >= 0.3 is 0 Å². The lowest BCUT2D eigenvalue weighted by molar-refractivity contribution is -0.116. The zero-order valence-corrected chi connectivity index (χ0v) is 20.7. The molecule has 0 atom stereocenters. The van der Waals surface area contributed by atoms with E-state index in [2.05, 4.69) is 6.92 Å². The molecule has 0 spiro atoms. The molecule has 0 aliphatic rings. The lowest BCUT2D eigenvalue weighted by Gasteiger charge is -2.11. The van der Waals surface area contributed by atoms with Crippen LogP contribution in [0, 0.1) is 5.41 Å². The van der Waals surface area contributed by atoms with E-state index in [1.54, 1.807) is 6.92 Å². The molecule has 0 amide bonds. The van der Waals surface area contributed by atoms with Crippen molar-refractivity contribution in [2.75, 3.05) is 0 Å². The normalized spacial score (nSPS) is 11.7. The van der Waals surface area contributed by atoms with Crippen LogP contribution in [0.3, 0.4) is 0 Å². The molecule has 0 saturated carbocycles. The van der Waals surface area contributed by atoms with Crippen LogP contribution in [-0.4, -0.2) is 11.5 Å². The minimum absolute atomic E-state index is 0.227. The zero-order valence-electron chi connectivity index (χ0n) is 19.9. The van der Waals surface area contributed by atoms with Gasteiger partial charge in [0.25, 0.3) is 0 Å². The number of aryl methyl sites for hydroxylation is 1. The van der Waals surface area contributed by atoms with Crippen molar-refractivity contribution >= 4 is 23.1 Å². The molecule has 30 heavy (non-hydrogen) atoms. The molecule has 3 nitrogen and oxygen atoms in total. The molecule has 0 radical (unpaired) electrons. The lowest BCUT2D eigenvalue weighted by atomic mass is 9.96. The number of rotatable bonds is 9. The largest absolute Gasteiger partial charge is 0.402 e. The summed E-state index contributed by atoms with van der Waals surface area (Å²) in [5, 5.41) is 8.90. The molecule has 0 bridgehead atoms. The molecule has 0 fully saturated rings. The number of carbonyl (C=O) groups excluding carboxylic acids is 1. The van der Waals surface area contributed by atoms with E-state index >= 15 is 0 Å². The van der Waals surface area contributed by atoms with E-state index in [9.17, 15) is 4.79 Å². The van der Waals surface area contributed by atoms with Crippen LogP contribution in [0.2, 0.25) is 5.02 Å². The maximum Gasteiger partial charge on any atom is 0.130 e. The van der Waals surface area contributed by atoms with E-state index in [-0.39, 0.29) is 5.78 Å². The average molecular weight is 433 g/mol. The molecular formula is C26H41ClN2O. The highest BCUT2D eigenvalue weighted by atomic mass is 35.5. The third-order valence-electron chi connectivity index (χ3n) is 4.18. The molecular weight excluding hydrogens is 392 g/mol. The highest BCUT2D eigenvalue weighted by Gasteiger charge is 2.09. The Balaban J connectivity index is 0. The van der Waals surface area contributed by atoms with Gasteiger partial charge < -0.3 is 10.5 Å². The molecule has 0 aromatic heterocycles. The second-order valence-corrected chi connectivity index (χ2v) is 7.15. The summed E-state index contributed by atoms with van der Waals surface area (Å²) in [6, 6.07) is 7.59. The fourth-order valence-corrected chi connectivity index (χ4v) is 2.65. The minimum Gasteiger partial charge on any atom is -0.402 e. The van der Waals surface area contributed by atoms with Crippen molar-refractivity contribution in [3.05, 3.63) is 69.9 Å². The maximum absolute atomic E-state index is 10.7. The van der Waals surface area contributed by atoms with Gasteiger partial charge in [-0.15, -0.1) is 0 Å². The number of nitrogens with one attached hydrogen (secondary N) is 1. The molecule has 1 aromatic carbocycles. The second kappa shape index (κ2) is 18.9. The summed E-state index contributed by atoms with van der Waals surface area (Å²) in [7, 11) is 0. The molecule has 0 unspecified atom stereocenters. The summed E-state index contributed by atoms with van der Waals surface area (Å²) in [5.74, 6) is 0.227. The Kier molecular flexibility index (Phi) is 18.9. The second-order valence-electron chi connectivity index (χ2n) is 6.71. The summed E-state index contributed by atoms with van der Waals surface area (Å²) in [5.41, 5.74) is 10.3. The third-order valence-corrected chi connectivity index (χ3v) is 4.43. The number of Topliss-reactive ketones (excluding diaryl/α,β-unsaturated/α-hetero) is 1. The number of ketones is 1.